The van der Waals surface area contributed by atoms with Crippen LogP contribution in [0.1, 0.15) is 37.8 Å². The molecule has 0 spiro atoms. The van der Waals surface area contributed by atoms with E-state index in [1.54, 1.807) is 0 Å². The van der Waals surface area contributed by atoms with Crippen LogP contribution in [-0.4, -0.2) is 14.9 Å². The second-order valence-electron chi connectivity index (χ2n) is 7.74. The fourth-order valence-electron chi connectivity index (χ4n) is 3.40. The van der Waals surface area contributed by atoms with Crippen LogP contribution in [-0.2, 0) is 30.6 Å². The van der Waals surface area contributed by atoms with Gasteiger partial charge in [0.25, 0.3) is 0 Å². The molecule has 0 amide bonds. The molecule has 0 bridgehead atoms. The summed E-state index contributed by atoms with van der Waals surface area (Å²) >= 11 is 0. The number of allylic oxidation sites excluding steroid dienone is 6. The first-order valence-electron chi connectivity index (χ1n) is 8.81. The Kier molecular flexibility index (Phi) is 11.0. The largest absolute Gasteiger partial charge is 3.00 e. The van der Waals surface area contributed by atoms with Gasteiger partial charge in [-0.1, -0.05) is 55.3 Å². The molecule has 0 fully saturated rings. The van der Waals surface area contributed by atoms with Gasteiger partial charge in [0.1, 0.15) is 0 Å². The van der Waals surface area contributed by atoms with Crippen LogP contribution in [0.4, 0.5) is 0 Å². The summed E-state index contributed by atoms with van der Waals surface area (Å²) in [6.45, 7) is 12.0. The van der Waals surface area contributed by atoms with Crippen molar-refractivity contribution in [1.29, 1.82) is 0 Å². The van der Waals surface area contributed by atoms with Gasteiger partial charge in [-0.3, -0.25) is 0 Å². The van der Waals surface area contributed by atoms with E-state index in [1.165, 1.54) is 39.0 Å². The van der Waals surface area contributed by atoms with Gasteiger partial charge in [0.2, 0.25) is 0 Å². The van der Waals surface area contributed by atoms with Crippen molar-refractivity contribution in [2.24, 2.45) is 0 Å². The summed E-state index contributed by atoms with van der Waals surface area (Å²) in [7, 11) is -1.44. The zero-order chi connectivity index (χ0) is 17.3. The Morgan fingerprint density at radius 3 is 2.41 bits per heavy atom. The molecule has 2 aliphatic rings. The molecular formula is C22H27Cl2OSiZr. The number of fused-ring (bicyclic) bond motifs is 1. The van der Waals surface area contributed by atoms with Crippen LogP contribution in [0.15, 0.2) is 58.7 Å². The van der Waals surface area contributed by atoms with E-state index in [0.717, 1.165) is 19.4 Å². The van der Waals surface area contributed by atoms with Crippen molar-refractivity contribution in [2.45, 2.75) is 46.3 Å². The van der Waals surface area contributed by atoms with Crippen LogP contribution in [0.25, 0.3) is 5.57 Å². The summed E-state index contributed by atoms with van der Waals surface area (Å²) < 4.78 is 6.07. The molecule has 27 heavy (non-hydrogen) atoms. The predicted octanol–water partition coefficient (Wildman–Crippen LogP) is 0.0749. The minimum Gasteiger partial charge on any atom is -1.00 e. The van der Waals surface area contributed by atoms with Gasteiger partial charge >= 0.3 is 26.2 Å². The van der Waals surface area contributed by atoms with E-state index in [0.29, 0.717) is 0 Å². The molecule has 143 valence electrons. The van der Waals surface area contributed by atoms with Crippen LogP contribution in [0.5, 0.6) is 0 Å². The van der Waals surface area contributed by atoms with Crippen LogP contribution >= 0.6 is 0 Å². The van der Waals surface area contributed by atoms with E-state index in [-0.39, 0.29) is 51.0 Å². The summed E-state index contributed by atoms with van der Waals surface area (Å²) in [5.74, 6) is 0. The number of benzene rings is 1. The van der Waals surface area contributed by atoms with E-state index in [9.17, 15) is 0 Å². The quantitative estimate of drug-likeness (QED) is 0.414. The van der Waals surface area contributed by atoms with E-state index in [4.69, 9.17) is 4.43 Å². The standard InChI is InChI=1S/C22H27OSi.2ClH.Zr/c1-16(2)22-20-11-7-6-9-18(20)15-21(22)19-12-8-10-17(19)13-14-23-24(3,4)5;;;/h6-11H,12-14H2,1-5H3;2*1H;/q-1;;;+3/p-2. The van der Waals surface area contributed by atoms with Crippen LogP contribution in [0.3, 0.4) is 0 Å². The SMILES string of the molecule is CC(C)=C1C(C2=C(CCO[Si](C)(C)C)C=CC2)=[C-]c2ccccc21.[Cl-].[Cl-].[Zr+3]. The average Bonchev–Trinajstić information content (AvgIpc) is 3.08. The molecule has 1 nitrogen and oxygen atoms in total. The van der Waals surface area contributed by atoms with Crippen LogP contribution in [0.2, 0.25) is 19.6 Å². The predicted molar refractivity (Wildman–Crippen MR) is 105 cm³/mol. The molecule has 1 aromatic carbocycles. The van der Waals surface area contributed by atoms with E-state index in [1.807, 2.05) is 0 Å². The number of halogens is 2. The topological polar surface area (TPSA) is 9.23 Å². The molecule has 0 saturated carbocycles. The van der Waals surface area contributed by atoms with Crippen molar-refractivity contribution >= 4 is 13.9 Å². The fraction of sp³-hybridized carbons (Fsp3) is 0.364. The van der Waals surface area contributed by atoms with Crippen molar-refractivity contribution in [3.63, 3.8) is 0 Å². The minimum absolute atomic E-state index is 0. The first kappa shape index (κ1) is 26.8. The molecule has 2 aliphatic carbocycles. The smallest absolute Gasteiger partial charge is 1.00 e. The van der Waals surface area contributed by atoms with Gasteiger partial charge in [-0.2, -0.15) is 0 Å². The molecule has 0 saturated heterocycles. The second kappa shape index (κ2) is 11.1. The molecule has 1 aromatic rings. The molecule has 0 N–H and O–H groups in total. The molecule has 0 atom stereocenters. The van der Waals surface area contributed by atoms with Gasteiger partial charge in [-0.05, 0) is 32.5 Å². The van der Waals surface area contributed by atoms with Crippen LogP contribution in [0, 0.1) is 6.08 Å². The van der Waals surface area contributed by atoms with Crippen molar-refractivity contribution < 1.29 is 55.4 Å². The Morgan fingerprint density at radius 2 is 1.78 bits per heavy atom. The van der Waals surface area contributed by atoms with E-state index < -0.39 is 8.32 Å². The van der Waals surface area contributed by atoms with Gasteiger partial charge < -0.3 is 29.2 Å². The zero-order valence-electron chi connectivity index (χ0n) is 16.7. The summed E-state index contributed by atoms with van der Waals surface area (Å²) in [6, 6.07) is 8.61. The molecule has 0 aliphatic heterocycles. The Hall–Kier alpha value is -0.180. The Labute approximate surface area is 197 Å². The third-order valence-electron chi connectivity index (χ3n) is 4.44. The number of rotatable bonds is 5. The average molecular weight is 498 g/mol. The van der Waals surface area contributed by atoms with E-state index >= 15 is 0 Å². The molecule has 0 aromatic heterocycles. The molecular weight excluding hydrogens is 470 g/mol. The summed E-state index contributed by atoms with van der Waals surface area (Å²) in [4.78, 5) is 0. The first-order chi connectivity index (χ1) is 11.4. The Morgan fingerprint density at radius 1 is 1.11 bits per heavy atom. The summed E-state index contributed by atoms with van der Waals surface area (Å²) in [6.07, 6.45) is 10.2. The Bertz CT molecular complexity index is 782. The van der Waals surface area contributed by atoms with Gasteiger partial charge in [0.05, 0.1) is 0 Å². The molecule has 1 radical (unpaired) electrons. The molecule has 5 heteroatoms. The third kappa shape index (κ3) is 6.41. The second-order valence-corrected chi connectivity index (χ2v) is 12.3. The van der Waals surface area contributed by atoms with Crippen molar-refractivity contribution in [3.8, 4) is 0 Å². The first-order valence-corrected chi connectivity index (χ1v) is 12.2. The van der Waals surface area contributed by atoms with E-state index in [2.05, 4.69) is 76.0 Å². The van der Waals surface area contributed by atoms with Crippen molar-refractivity contribution in [3.05, 3.63) is 75.9 Å². The monoisotopic (exact) mass is 495 g/mol. The van der Waals surface area contributed by atoms with Gasteiger partial charge in [0.15, 0.2) is 8.32 Å². The van der Waals surface area contributed by atoms with Crippen molar-refractivity contribution in [1.82, 2.24) is 0 Å². The molecule has 0 heterocycles. The maximum absolute atomic E-state index is 6.07. The van der Waals surface area contributed by atoms with Gasteiger partial charge in [0, 0.05) is 6.61 Å². The molecule has 0 unspecified atom stereocenters. The zero-order valence-corrected chi connectivity index (χ0v) is 21.7. The maximum Gasteiger partial charge on any atom is 3.00 e. The maximum atomic E-state index is 6.07. The summed E-state index contributed by atoms with van der Waals surface area (Å²) in [5, 5.41) is 0. The van der Waals surface area contributed by atoms with Crippen molar-refractivity contribution in [2.75, 3.05) is 6.61 Å². The number of hydrogen-bond acceptors (Lipinski definition) is 1. The minimum atomic E-state index is -1.44. The summed E-state index contributed by atoms with van der Waals surface area (Å²) in [5.41, 5.74) is 9.42. The third-order valence-corrected chi connectivity index (χ3v) is 5.51. The molecule has 3 rings (SSSR count). The number of hydrogen-bond donors (Lipinski definition) is 0. The van der Waals surface area contributed by atoms with Gasteiger partial charge in [-0.25, -0.2) is 0 Å². The van der Waals surface area contributed by atoms with Gasteiger partial charge in [-0.15, -0.1) is 40.0 Å². The van der Waals surface area contributed by atoms with Crippen LogP contribution < -0.4 is 24.8 Å². The normalized spacial score (nSPS) is 14.9. The fourth-order valence-corrected chi connectivity index (χ4v) is 4.12. The Balaban J connectivity index is 0.00000225.